The van der Waals surface area contributed by atoms with Crippen LogP contribution in [0.25, 0.3) is 0 Å². The molecule has 3 nitrogen and oxygen atoms in total. The molecule has 84 valence electrons. The minimum atomic E-state index is 0.0170. The summed E-state index contributed by atoms with van der Waals surface area (Å²) >= 11 is 0. The zero-order valence-electron chi connectivity index (χ0n) is 9.90. The lowest BCUT2D eigenvalue weighted by molar-refractivity contribution is -0.133. The van der Waals surface area contributed by atoms with Crippen LogP contribution >= 0.6 is 0 Å². The van der Waals surface area contributed by atoms with E-state index in [1.807, 2.05) is 26.0 Å². The Morgan fingerprint density at radius 2 is 1.94 bits per heavy atom. The smallest absolute Gasteiger partial charge is 0.225 e. The lowest BCUT2D eigenvalue weighted by Gasteiger charge is -2.19. The second-order valence-corrected chi connectivity index (χ2v) is 4.16. The van der Waals surface area contributed by atoms with Crippen LogP contribution < -0.4 is 0 Å². The fourth-order valence-corrected chi connectivity index (χ4v) is 1.48. The van der Waals surface area contributed by atoms with Crippen molar-refractivity contribution in [1.82, 2.24) is 4.90 Å². The molecule has 0 saturated carbocycles. The van der Waals surface area contributed by atoms with E-state index < -0.39 is 0 Å². The number of hydrogen-bond donors (Lipinski definition) is 0. The van der Waals surface area contributed by atoms with Gasteiger partial charge in [0.2, 0.25) is 5.91 Å². The summed E-state index contributed by atoms with van der Waals surface area (Å²) in [7, 11) is 1.79. The van der Waals surface area contributed by atoms with Crippen LogP contribution in [0.5, 0.6) is 0 Å². The number of amides is 1. The Balaban J connectivity index is 2.67. The van der Waals surface area contributed by atoms with Crippen LogP contribution in [0.3, 0.4) is 0 Å². The van der Waals surface area contributed by atoms with Gasteiger partial charge in [0.05, 0.1) is 11.6 Å². The molecule has 0 aliphatic carbocycles. The van der Waals surface area contributed by atoms with Gasteiger partial charge in [-0.3, -0.25) is 4.79 Å². The summed E-state index contributed by atoms with van der Waals surface area (Å²) in [5.41, 5.74) is 1.68. The summed E-state index contributed by atoms with van der Waals surface area (Å²) < 4.78 is 0. The highest BCUT2D eigenvalue weighted by atomic mass is 16.2. The van der Waals surface area contributed by atoms with Crippen LogP contribution in [-0.2, 0) is 11.3 Å². The van der Waals surface area contributed by atoms with Crippen molar-refractivity contribution in [2.45, 2.75) is 20.4 Å². The Kier molecular flexibility index (Phi) is 4.07. The number of rotatable bonds is 3. The summed E-state index contributed by atoms with van der Waals surface area (Å²) in [4.78, 5) is 13.3. The fraction of sp³-hybridized carbons (Fsp3) is 0.385. The number of carbonyl (C=O) groups excluding carboxylic acids is 1. The molecule has 1 aromatic rings. The van der Waals surface area contributed by atoms with E-state index in [1.54, 1.807) is 24.1 Å². The first-order chi connectivity index (χ1) is 7.54. The molecule has 0 aliphatic heterocycles. The van der Waals surface area contributed by atoms with E-state index in [0.717, 1.165) is 5.56 Å². The fourth-order valence-electron chi connectivity index (χ4n) is 1.48. The van der Waals surface area contributed by atoms with Gasteiger partial charge in [0.1, 0.15) is 0 Å². The molecular formula is C13H16N2O. The molecule has 0 unspecified atom stereocenters. The second-order valence-electron chi connectivity index (χ2n) is 4.16. The van der Waals surface area contributed by atoms with Gasteiger partial charge in [0, 0.05) is 19.5 Å². The van der Waals surface area contributed by atoms with E-state index in [0.29, 0.717) is 12.1 Å². The standard InChI is InChI=1S/C13H16N2O/c1-10(2)13(16)15(3)9-12-6-4-11(8-14)5-7-12/h4-7,10H,9H2,1-3H3. The minimum Gasteiger partial charge on any atom is -0.341 e. The molecule has 0 heterocycles. The van der Waals surface area contributed by atoms with Crippen molar-refractivity contribution in [1.29, 1.82) is 5.26 Å². The number of carbonyl (C=O) groups is 1. The average Bonchev–Trinajstić information content (AvgIpc) is 2.28. The van der Waals surface area contributed by atoms with Gasteiger partial charge in [-0.2, -0.15) is 5.26 Å². The first-order valence-corrected chi connectivity index (χ1v) is 5.28. The normalized spacial score (nSPS) is 9.94. The van der Waals surface area contributed by atoms with Crippen molar-refractivity contribution in [2.24, 2.45) is 5.92 Å². The van der Waals surface area contributed by atoms with Gasteiger partial charge < -0.3 is 4.90 Å². The zero-order chi connectivity index (χ0) is 12.1. The van der Waals surface area contributed by atoms with Crippen LogP contribution in [0.2, 0.25) is 0 Å². The van der Waals surface area contributed by atoms with Crippen molar-refractivity contribution in [3.8, 4) is 6.07 Å². The van der Waals surface area contributed by atoms with Gasteiger partial charge in [0.15, 0.2) is 0 Å². The maximum absolute atomic E-state index is 11.6. The predicted molar refractivity (Wildman–Crippen MR) is 62.5 cm³/mol. The Hall–Kier alpha value is -1.82. The Morgan fingerprint density at radius 3 is 2.38 bits per heavy atom. The second kappa shape index (κ2) is 5.32. The lowest BCUT2D eigenvalue weighted by Crippen LogP contribution is -2.29. The first kappa shape index (κ1) is 12.3. The molecule has 0 aromatic heterocycles. The quantitative estimate of drug-likeness (QED) is 0.777. The number of nitrogens with zero attached hydrogens (tertiary/aromatic N) is 2. The highest BCUT2D eigenvalue weighted by Crippen LogP contribution is 2.08. The van der Waals surface area contributed by atoms with E-state index in [-0.39, 0.29) is 11.8 Å². The molecule has 3 heteroatoms. The third kappa shape index (κ3) is 3.09. The Morgan fingerprint density at radius 1 is 1.38 bits per heavy atom. The lowest BCUT2D eigenvalue weighted by atomic mass is 10.1. The predicted octanol–water partition coefficient (Wildman–Crippen LogP) is 2.17. The van der Waals surface area contributed by atoms with E-state index in [9.17, 15) is 4.79 Å². The molecular weight excluding hydrogens is 200 g/mol. The molecule has 16 heavy (non-hydrogen) atoms. The first-order valence-electron chi connectivity index (χ1n) is 5.28. The average molecular weight is 216 g/mol. The monoisotopic (exact) mass is 216 g/mol. The third-order valence-electron chi connectivity index (χ3n) is 2.37. The molecule has 0 fully saturated rings. The van der Waals surface area contributed by atoms with Crippen molar-refractivity contribution < 1.29 is 4.79 Å². The summed E-state index contributed by atoms with van der Waals surface area (Å²) in [5.74, 6) is 0.146. The molecule has 1 amide bonds. The topological polar surface area (TPSA) is 44.1 Å². The van der Waals surface area contributed by atoms with Crippen molar-refractivity contribution >= 4 is 5.91 Å². The van der Waals surface area contributed by atoms with Gasteiger partial charge in [0.25, 0.3) is 0 Å². The highest BCUT2D eigenvalue weighted by Gasteiger charge is 2.12. The maximum atomic E-state index is 11.6. The number of nitriles is 1. The molecule has 0 spiro atoms. The Bertz CT molecular complexity index is 401. The molecule has 0 aliphatic rings. The van der Waals surface area contributed by atoms with E-state index in [4.69, 9.17) is 5.26 Å². The van der Waals surface area contributed by atoms with Crippen LogP contribution in [0, 0.1) is 17.2 Å². The van der Waals surface area contributed by atoms with Crippen LogP contribution in [0.4, 0.5) is 0 Å². The summed E-state index contributed by atoms with van der Waals surface area (Å²) in [6.45, 7) is 4.36. The minimum absolute atomic E-state index is 0.0170. The Labute approximate surface area is 96.3 Å². The molecule has 0 bridgehead atoms. The highest BCUT2D eigenvalue weighted by molar-refractivity contribution is 5.77. The SMILES string of the molecule is CC(C)C(=O)N(C)Cc1ccc(C#N)cc1. The molecule has 0 atom stereocenters. The molecule has 0 saturated heterocycles. The zero-order valence-corrected chi connectivity index (χ0v) is 9.90. The van der Waals surface area contributed by atoms with Crippen LogP contribution in [0.1, 0.15) is 25.0 Å². The largest absolute Gasteiger partial charge is 0.341 e. The van der Waals surface area contributed by atoms with E-state index in [2.05, 4.69) is 6.07 Å². The third-order valence-corrected chi connectivity index (χ3v) is 2.37. The summed E-state index contributed by atoms with van der Waals surface area (Å²) in [6.07, 6.45) is 0. The summed E-state index contributed by atoms with van der Waals surface area (Å²) in [5, 5.41) is 8.66. The van der Waals surface area contributed by atoms with E-state index >= 15 is 0 Å². The van der Waals surface area contributed by atoms with Gasteiger partial charge in [-0.25, -0.2) is 0 Å². The van der Waals surface area contributed by atoms with Crippen molar-refractivity contribution in [2.75, 3.05) is 7.05 Å². The van der Waals surface area contributed by atoms with Crippen molar-refractivity contribution in [3.05, 3.63) is 35.4 Å². The van der Waals surface area contributed by atoms with Crippen LogP contribution in [-0.4, -0.2) is 17.9 Å². The molecule has 0 N–H and O–H groups in total. The molecule has 1 aromatic carbocycles. The summed E-state index contributed by atoms with van der Waals surface area (Å²) in [6, 6.07) is 9.36. The maximum Gasteiger partial charge on any atom is 0.225 e. The van der Waals surface area contributed by atoms with Gasteiger partial charge >= 0.3 is 0 Å². The van der Waals surface area contributed by atoms with Crippen LogP contribution in [0.15, 0.2) is 24.3 Å². The molecule has 0 radical (unpaired) electrons. The van der Waals surface area contributed by atoms with Gasteiger partial charge in [-0.15, -0.1) is 0 Å². The number of benzene rings is 1. The molecule has 1 rings (SSSR count). The van der Waals surface area contributed by atoms with Gasteiger partial charge in [-0.05, 0) is 17.7 Å². The van der Waals surface area contributed by atoms with Crippen molar-refractivity contribution in [3.63, 3.8) is 0 Å². The van der Waals surface area contributed by atoms with E-state index in [1.165, 1.54) is 0 Å². The number of hydrogen-bond acceptors (Lipinski definition) is 2. The van der Waals surface area contributed by atoms with Gasteiger partial charge in [-0.1, -0.05) is 26.0 Å².